The average molecular weight is 226 g/mol. The monoisotopic (exact) mass is 226 g/mol. The van der Waals surface area contributed by atoms with Crippen LogP contribution in [0, 0.1) is 13.8 Å². The number of hydrogen-bond acceptors (Lipinski definition) is 4. The van der Waals surface area contributed by atoms with Crippen LogP contribution in [0.15, 0.2) is 9.64 Å². The second kappa shape index (κ2) is 4.26. The zero-order valence-electron chi connectivity index (χ0n) is 8.87. The Kier molecular flexibility index (Phi) is 3.00. The maximum atomic E-state index is 11.4. The molecule has 1 aliphatic rings. The molecule has 4 nitrogen and oxygen atoms in total. The van der Waals surface area contributed by atoms with Gasteiger partial charge in [-0.25, -0.2) is 4.98 Å². The van der Waals surface area contributed by atoms with Crippen molar-refractivity contribution in [1.82, 2.24) is 10.3 Å². The van der Waals surface area contributed by atoms with Crippen molar-refractivity contribution in [1.29, 1.82) is 0 Å². The van der Waals surface area contributed by atoms with E-state index in [4.69, 9.17) is 4.42 Å². The lowest BCUT2D eigenvalue weighted by atomic mass is 10.4. The van der Waals surface area contributed by atoms with Crippen LogP contribution >= 0.6 is 11.8 Å². The molecule has 1 heterocycles. The van der Waals surface area contributed by atoms with E-state index in [-0.39, 0.29) is 5.91 Å². The van der Waals surface area contributed by atoms with Crippen LogP contribution in [0.3, 0.4) is 0 Å². The first-order chi connectivity index (χ1) is 7.15. The van der Waals surface area contributed by atoms with Crippen LogP contribution in [0.5, 0.6) is 0 Å². The highest BCUT2D eigenvalue weighted by atomic mass is 32.2. The number of amides is 1. The van der Waals surface area contributed by atoms with E-state index in [2.05, 4.69) is 10.3 Å². The van der Waals surface area contributed by atoms with Crippen molar-refractivity contribution in [2.45, 2.75) is 38.0 Å². The van der Waals surface area contributed by atoms with Gasteiger partial charge in [0, 0.05) is 6.04 Å². The normalized spacial score (nSPS) is 15.3. The summed E-state index contributed by atoms with van der Waals surface area (Å²) in [6.45, 7) is 3.77. The van der Waals surface area contributed by atoms with Crippen molar-refractivity contribution < 1.29 is 9.21 Å². The zero-order valence-corrected chi connectivity index (χ0v) is 9.69. The van der Waals surface area contributed by atoms with E-state index in [1.165, 1.54) is 11.8 Å². The molecule has 15 heavy (non-hydrogen) atoms. The van der Waals surface area contributed by atoms with E-state index in [1.54, 1.807) is 0 Å². The third-order valence-electron chi connectivity index (χ3n) is 2.28. The molecule has 5 heteroatoms. The quantitative estimate of drug-likeness (QED) is 0.793. The molecule has 0 spiro atoms. The number of carbonyl (C=O) groups excluding carboxylic acids is 1. The van der Waals surface area contributed by atoms with Gasteiger partial charge < -0.3 is 9.73 Å². The zero-order chi connectivity index (χ0) is 10.8. The van der Waals surface area contributed by atoms with E-state index in [0.717, 1.165) is 24.3 Å². The second-order valence-electron chi connectivity index (χ2n) is 3.75. The Labute approximate surface area is 92.8 Å². The lowest BCUT2D eigenvalue weighted by molar-refractivity contribution is -0.118. The predicted molar refractivity (Wildman–Crippen MR) is 57.9 cm³/mol. The summed E-state index contributed by atoms with van der Waals surface area (Å²) in [5.74, 6) is 1.27. The smallest absolute Gasteiger partial charge is 0.256 e. The number of aromatic nitrogens is 1. The first-order valence-corrected chi connectivity index (χ1v) is 6.00. The Morgan fingerprint density at radius 2 is 2.33 bits per heavy atom. The van der Waals surface area contributed by atoms with Crippen molar-refractivity contribution in [3.05, 3.63) is 11.5 Å². The van der Waals surface area contributed by atoms with Crippen molar-refractivity contribution >= 4 is 17.7 Å². The standard InChI is InChI=1S/C10H14N2O2S/c1-6-7(2)14-10(11-6)15-5-9(13)12-8-3-4-8/h8H,3-5H2,1-2H3,(H,12,13). The number of oxazole rings is 1. The van der Waals surface area contributed by atoms with Gasteiger partial charge in [0.2, 0.25) is 5.91 Å². The minimum Gasteiger partial charge on any atom is -0.437 e. The van der Waals surface area contributed by atoms with Gasteiger partial charge in [0.15, 0.2) is 0 Å². The number of hydrogen-bond donors (Lipinski definition) is 1. The molecule has 1 aromatic rings. The van der Waals surface area contributed by atoms with Crippen molar-refractivity contribution in [2.75, 3.05) is 5.75 Å². The van der Waals surface area contributed by atoms with Crippen LogP contribution in [-0.2, 0) is 4.79 Å². The number of rotatable bonds is 4. The lowest BCUT2D eigenvalue weighted by Gasteiger charge is -1.99. The minimum atomic E-state index is 0.0657. The van der Waals surface area contributed by atoms with E-state index in [9.17, 15) is 4.79 Å². The number of nitrogens with one attached hydrogen (secondary N) is 1. The second-order valence-corrected chi connectivity index (χ2v) is 4.68. The molecule has 0 unspecified atom stereocenters. The Morgan fingerprint density at radius 1 is 1.60 bits per heavy atom. The molecule has 0 aromatic carbocycles. The highest BCUT2D eigenvalue weighted by molar-refractivity contribution is 7.99. The molecule has 0 bridgehead atoms. The molecule has 1 amide bonds. The fourth-order valence-corrected chi connectivity index (χ4v) is 1.85. The molecule has 82 valence electrons. The summed E-state index contributed by atoms with van der Waals surface area (Å²) in [7, 11) is 0. The van der Waals surface area contributed by atoms with Gasteiger partial charge in [-0.3, -0.25) is 4.79 Å². The average Bonchev–Trinajstić information content (AvgIpc) is 2.92. The Balaban J connectivity index is 1.78. The molecule has 0 aliphatic heterocycles. The topological polar surface area (TPSA) is 55.1 Å². The lowest BCUT2D eigenvalue weighted by Crippen LogP contribution is -2.26. The van der Waals surface area contributed by atoms with Crippen LogP contribution in [-0.4, -0.2) is 22.7 Å². The molecule has 0 radical (unpaired) electrons. The van der Waals surface area contributed by atoms with Crippen LogP contribution < -0.4 is 5.32 Å². The van der Waals surface area contributed by atoms with Gasteiger partial charge >= 0.3 is 0 Å². The number of nitrogens with zero attached hydrogens (tertiary/aromatic N) is 1. The van der Waals surface area contributed by atoms with Gasteiger partial charge in [-0.15, -0.1) is 0 Å². The molecule has 0 saturated heterocycles. The summed E-state index contributed by atoms with van der Waals surface area (Å²) in [6.07, 6.45) is 2.24. The van der Waals surface area contributed by atoms with Gasteiger partial charge in [0.1, 0.15) is 5.76 Å². The summed E-state index contributed by atoms with van der Waals surface area (Å²) in [5, 5.41) is 3.50. The molecular weight excluding hydrogens is 212 g/mol. The predicted octanol–water partition coefficient (Wildman–Crippen LogP) is 1.66. The summed E-state index contributed by atoms with van der Waals surface area (Å²) in [5.41, 5.74) is 0.889. The summed E-state index contributed by atoms with van der Waals surface area (Å²) < 4.78 is 5.36. The Bertz CT molecular complexity index is 352. The van der Waals surface area contributed by atoms with Gasteiger partial charge in [0.25, 0.3) is 5.22 Å². The first kappa shape index (κ1) is 10.5. The summed E-state index contributed by atoms with van der Waals surface area (Å²) in [6, 6.07) is 0.422. The molecule has 1 aliphatic carbocycles. The van der Waals surface area contributed by atoms with E-state index in [1.807, 2.05) is 13.8 Å². The van der Waals surface area contributed by atoms with E-state index in [0.29, 0.717) is 17.0 Å². The maximum absolute atomic E-state index is 11.4. The van der Waals surface area contributed by atoms with E-state index < -0.39 is 0 Å². The van der Waals surface area contributed by atoms with Crippen LogP contribution in [0.4, 0.5) is 0 Å². The Hall–Kier alpha value is -0.970. The fraction of sp³-hybridized carbons (Fsp3) is 0.600. The highest BCUT2D eigenvalue weighted by Crippen LogP contribution is 2.21. The third-order valence-corrected chi connectivity index (χ3v) is 3.11. The fourth-order valence-electron chi connectivity index (χ4n) is 1.13. The summed E-state index contributed by atoms with van der Waals surface area (Å²) in [4.78, 5) is 15.6. The molecule has 2 rings (SSSR count). The van der Waals surface area contributed by atoms with Crippen molar-refractivity contribution in [2.24, 2.45) is 0 Å². The van der Waals surface area contributed by atoms with E-state index >= 15 is 0 Å². The molecule has 1 saturated carbocycles. The van der Waals surface area contributed by atoms with Crippen LogP contribution in [0.1, 0.15) is 24.3 Å². The van der Waals surface area contributed by atoms with Gasteiger partial charge in [-0.1, -0.05) is 11.8 Å². The summed E-state index contributed by atoms with van der Waals surface area (Å²) >= 11 is 1.34. The molecule has 1 aromatic heterocycles. The van der Waals surface area contributed by atoms with Gasteiger partial charge in [-0.2, -0.15) is 0 Å². The number of carbonyl (C=O) groups is 1. The van der Waals surface area contributed by atoms with Gasteiger partial charge in [-0.05, 0) is 26.7 Å². The molecule has 1 N–H and O–H groups in total. The molecular formula is C10H14N2O2S. The van der Waals surface area contributed by atoms with Crippen LogP contribution in [0.25, 0.3) is 0 Å². The first-order valence-electron chi connectivity index (χ1n) is 5.01. The largest absolute Gasteiger partial charge is 0.437 e. The number of aryl methyl sites for hydroxylation is 2. The maximum Gasteiger partial charge on any atom is 0.256 e. The molecule has 1 fully saturated rings. The minimum absolute atomic E-state index is 0.0657. The van der Waals surface area contributed by atoms with Crippen LogP contribution in [0.2, 0.25) is 0 Å². The third kappa shape index (κ3) is 2.99. The Morgan fingerprint density at radius 3 is 2.87 bits per heavy atom. The highest BCUT2D eigenvalue weighted by Gasteiger charge is 2.23. The number of thioether (sulfide) groups is 1. The molecule has 0 atom stereocenters. The van der Waals surface area contributed by atoms with Crippen molar-refractivity contribution in [3.8, 4) is 0 Å². The van der Waals surface area contributed by atoms with Gasteiger partial charge in [0.05, 0.1) is 11.4 Å². The van der Waals surface area contributed by atoms with Crippen molar-refractivity contribution in [3.63, 3.8) is 0 Å². The SMILES string of the molecule is Cc1nc(SCC(=O)NC2CC2)oc1C.